The van der Waals surface area contributed by atoms with E-state index in [2.05, 4.69) is 4.72 Å². The van der Waals surface area contributed by atoms with Crippen molar-refractivity contribution in [2.24, 2.45) is 0 Å². The van der Waals surface area contributed by atoms with Crippen molar-refractivity contribution in [3.8, 4) is 0 Å². The van der Waals surface area contributed by atoms with Crippen LogP contribution in [-0.4, -0.2) is 40.8 Å². The minimum atomic E-state index is -2.52. The Hall–Kier alpha value is -1.88. The van der Waals surface area contributed by atoms with Gasteiger partial charge in [-0.2, -0.15) is 0 Å². The summed E-state index contributed by atoms with van der Waals surface area (Å²) in [5.41, 5.74) is -0.795. The Morgan fingerprint density at radius 1 is 1.00 bits per heavy atom. The zero-order valence-corrected chi connectivity index (χ0v) is 18.1. The normalized spacial score (nSPS) is 11.8. The molecule has 28 heavy (non-hydrogen) atoms. The van der Waals surface area contributed by atoms with Gasteiger partial charge in [0.15, 0.2) is 7.26 Å². The summed E-state index contributed by atoms with van der Waals surface area (Å²) in [5.74, 6) is -0.323. The Bertz CT molecular complexity index is 738. The molecular formula is C21H27NO4PS+. The quantitative estimate of drug-likeness (QED) is 0.364. The van der Waals surface area contributed by atoms with Crippen LogP contribution in [0.25, 0.3) is 0 Å². The maximum atomic E-state index is 13.6. The molecule has 0 spiro atoms. The lowest BCUT2D eigenvalue weighted by Gasteiger charge is -2.28. The third-order valence-corrected chi connectivity index (χ3v) is 8.98. The number of ether oxygens (including phenoxy) is 1. The molecule has 0 aliphatic rings. The molecule has 0 amide bonds. The molecule has 7 heteroatoms. The molecule has 2 aromatic carbocycles. The lowest BCUT2D eigenvalue weighted by molar-refractivity contribution is -0.135. The second kappa shape index (κ2) is 10.1. The highest BCUT2D eigenvalue weighted by Gasteiger charge is 2.53. The SMILES string of the molecule is CC(C)(C)OC(=O)[P+](CCSNCC(=O)O)(c1ccccc1)c1ccccc1. The predicted octanol–water partition coefficient (Wildman–Crippen LogP) is 3.91. The standard InChI is InChI=1S/C21H26NO4PS/c1-21(2,3)26-20(25)27(17-10-6-4-7-11-17,18-12-8-5-9-13-18)14-15-28-22-16-19(23)24/h4-13,22H,14-16H2,1-3H3/p+1. The van der Waals surface area contributed by atoms with E-state index in [-0.39, 0.29) is 12.3 Å². The zero-order valence-electron chi connectivity index (χ0n) is 16.4. The van der Waals surface area contributed by atoms with Crippen LogP contribution in [-0.2, 0) is 9.53 Å². The highest BCUT2D eigenvalue weighted by atomic mass is 32.2. The summed E-state index contributed by atoms with van der Waals surface area (Å²) in [6.45, 7) is 5.50. The first kappa shape index (κ1) is 22.4. The summed E-state index contributed by atoms with van der Waals surface area (Å²) in [5, 5.41) is 10.7. The Morgan fingerprint density at radius 2 is 1.50 bits per heavy atom. The van der Waals surface area contributed by atoms with Crippen LogP contribution in [0.4, 0.5) is 4.79 Å². The summed E-state index contributed by atoms with van der Waals surface area (Å²) < 4.78 is 8.72. The molecule has 5 nitrogen and oxygen atoms in total. The molecule has 0 atom stereocenters. The molecule has 0 unspecified atom stereocenters. The zero-order chi connectivity index (χ0) is 20.6. The molecule has 2 N–H and O–H groups in total. The topological polar surface area (TPSA) is 75.6 Å². The number of benzene rings is 2. The van der Waals surface area contributed by atoms with E-state index in [9.17, 15) is 9.59 Å². The fraction of sp³-hybridized carbons (Fsp3) is 0.333. The first-order valence-electron chi connectivity index (χ1n) is 9.05. The number of carboxylic acid groups (broad SMARTS) is 1. The first-order chi connectivity index (χ1) is 13.3. The van der Waals surface area contributed by atoms with E-state index in [0.29, 0.717) is 11.9 Å². The monoisotopic (exact) mass is 420 g/mol. The summed E-state index contributed by atoms with van der Waals surface area (Å²) in [7, 11) is -2.52. The van der Waals surface area contributed by atoms with Gasteiger partial charge in [0.2, 0.25) is 0 Å². The number of carbonyl (C=O) groups excluding carboxylic acids is 1. The van der Waals surface area contributed by atoms with Crippen LogP contribution in [0.2, 0.25) is 0 Å². The van der Waals surface area contributed by atoms with Crippen LogP contribution in [0, 0.1) is 0 Å². The molecule has 0 bridgehead atoms. The molecule has 0 radical (unpaired) electrons. The van der Waals surface area contributed by atoms with E-state index in [0.717, 1.165) is 10.6 Å². The van der Waals surface area contributed by atoms with Gasteiger partial charge in [0.25, 0.3) is 0 Å². The fourth-order valence-corrected chi connectivity index (χ4v) is 7.82. The van der Waals surface area contributed by atoms with E-state index in [1.54, 1.807) is 0 Å². The van der Waals surface area contributed by atoms with Gasteiger partial charge >= 0.3 is 11.7 Å². The summed E-state index contributed by atoms with van der Waals surface area (Å²) >= 11 is 1.32. The van der Waals surface area contributed by atoms with Gasteiger partial charge in [-0.25, -0.2) is 4.79 Å². The number of rotatable bonds is 9. The van der Waals surface area contributed by atoms with Crippen molar-refractivity contribution in [1.82, 2.24) is 4.72 Å². The highest BCUT2D eigenvalue weighted by Crippen LogP contribution is 2.58. The van der Waals surface area contributed by atoms with Crippen LogP contribution in [0.3, 0.4) is 0 Å². The Kier molecular flexibility index (Phi) is 8.05. The van der Waals surface area contributed by atoms with E-state index < -0.39 is 18.8 Å². The van der Waals surface area contributed by atoms with E-state index in [1.165, 1.54) is 11.9 Å². The molecule has 150 valence electrons. The molecule has 0 heterocycles. The minimum Gasteiger partial charge on any atom is -0.480 e. The van der Waals surface area contributed by atoms with Crippen molar-refractivity contribution in [1.29, 1.82) is 0 Å². The third-order valence-electron chi connectivity index (χ3n) is 3.95. The maximum Gasteiger partial charge on any atom is 0.461 e. The fourth-order valence-electron chi connectivity index (χ4n) is 2.78. The van der Waals surface area contributed by atoms with Crippen molar-refractivity contribution in [2.45, 2.75) is 26.4 Å². The maximum absolute atomic E-state index is 13.6. The summed E-state index contributed by atoms with van der Waals surface area (Å²) in [6.07, 6.45) is 0.577. The van der Waals surface area contributed by atoms with Crippen LogP contribution in [0.5, 0.6) is 0 Å². The number of hydrogen-bond acceptors (Lipinski definition) is 5. The predicted molar refractivity (Wildman–Crippen MR) is 118 cm³/mol. The van der Waals surface area contributed by atoms with Crippen molar-refractivity contribution in [3.63, 3.8) is 0 Å². The van der Waals surface area contributed by atoms with Crippen molar-refractivity contribution in [2.75, 3.05) is 18.5 Å². The molecule has 0 saturated heterocycles. The average molecular weight is 420 g/mol. The Morgan fingerprint density at radius 3 is 1.93 bits per heavy atom. The van der Waals surface area contributed by atoms with Gasteiger partial charge in [0.05, 0.1) is 6.16 Å². The second-order valence-electron chi connectivity index (χ2n) is 7.25. The van der Waals surface area contributed by atoms with Crippen LogP contribution < -0.4 is 15.3 Å². The molecule has 0 saturated carbocycles. The van der Waals surface area contributed by atoms with Crippen LogP contribution >= 0.6 is 19.2 Å². The van der Waals surface area contributed by atoms with E-state index in [4.69, 9.17) is 9.84 Å². The van der Waals surface area contributed by atoms with Gasteiger partial charge < -0.3 is 9.84 Å². The number of nitrogens with one attached hydrogen (secondary N) is 1. The summed E-state index contributed by atoms with van der Waals surface area (Å²) in [6, 6.07) is 19.6. The third kappa shape index (κ3) is 6.06. The van der Waals surface area contributed by atoms with Crippen molar-refractivity contribution >= 4 is 41.5 Å². The molecular weight excluding hydrogens is 393 g/mol. The minimum absolute atomic E-state index is 0.126. The van der Waals surface area contributed by atoms with Crippen LogP contribution in [0.1, 0.15) is 20.8 Å². The molecule has 0 fully saturated rings. The smallest absolute Gasteiger partial charge is 0.461 e. The van der Waals surface area contributed by atoms with Gasteiger partial charge in [-0.05, 0) is 45.0 Å². The van der Waals surface area contributed by atoms with Gasteiger partial charge in [-0.15, -0.1) is 0 Å². The Labute approximate surface area is 171 Å². The van der Waals surface area contributed by atoms with E-state index in [1.807, 2.05) is 81.4 Å². The van der Waals surface area contributed by atoms with Gasteiger partial charge in [-0.1, -0.05) is 48.3 Å². The lowest BCUT2D eigenvalue weighted by atomic mass is 10.2. The molecule has 2 rings (SSSR count). The van der Waals surface area contributed by atoms with Gasteiger partial charge in [0.1, 0.15) is 22.8 Å². The van der Waals surface area contributed by atoms with Crippen LogP contribution in [0.15, 0.2) is 60.7 Å². The van der Waals surface area contributed by atoms with Gasteiger partial charge in [-0.3, -0.25) is 9.52 Å². The van der Waals surface area contributed by atoms with E-state index >= 15 is 0 Å². The number of hydrogen-bond donors (Lipinski definition) is 2. The second-order valence-corrected chi connectivity index (χ2v) is 11.7. The first-order valence-corrected chi connectivity index (χ1v) is 12.0. The number of carbonyl (C=O) groups is 2. The number of carboxylic acids is 1. The average Bonchev–Trinajstić information content (AvgIpc) is 2.64. The lowest BCUT2D eigenvalue weighted by Crippen LogP contribution is -2.36. The Balaban J connectivity index is 2.43. The number of aliphatic carboxylic acids is 1. The summed E-state index contributed by atoms with van der Waals surface area (Å²) in [4.78, 5) is 24.3. The molecule has 2 aromatic rings. The van der Waals surface area contributed by atoms with Gasteiger partial charge in [0, 0.05) is 5.75 Å². The molecule has 0 aliphatic carbocycles. The molecule has 0 aliphatic heterocycles. The van der Waals surface area contributed by atoms with Crippen molar-refractivity contribution < 1.29 is 19.4 Å². The van der Waals surface area contributed by atoms with Crippen molar-refractivity contribution in [3.05, 3.63) is 60.7 Å². The highest BCUT2D eigenvalue weighted by molar-refractivity contribution is 8.04. The molecule has 0 aromatic heterocycles. The largest absolute Gasteiger partial charge is 0.480 e.